The predicted octanol–water partition coefficient (Wildman–Crippen LogP) is 3.60. The number of ether oxygens (including phenoxy) is 2. The number of rotatable bonds is 4. The van der Waals surface area contributed by atoms with Gasteiger partial charge >= 0.3 is 5.97 Å². The molecule has 2 aromatic carbocycles. The summed E-state index contributed by atoms with van der Waals surface area (Å²) in [6, 6.07) is 12.3. The Morgan fingerprint density at radius 2 is 1.78 bits per heavy atom. The zero-order valence-corrected chi connectivity index (χ0v) is 15.0. The zero-order valence-electron chi connectivity index (χ0n) is 15.0. The van der Waals surface area contributed by atoms with Gasteiger partial charge in [-0.1, -0.05) is 0 Å². The lowest BCUT2D eigenvalue weighted by atomic mass is 9.69. The molecule has 1 saturated carbocycles. The van der Waals surface area contributed by atoms with Gasteiger partial charge in [0.2, 0.25) is 5.91 Å². The Bertz CT molecular complexity index is 882. The summed E-state index contributed by atoms with van der Waals surface area (Å²) in [6.45, 7) is 0. The molecule has 2 N–H and O–H groups in total. The largest absolute Gasteiger partial charge is 0.497 e. The number of anilines is 1. The second-order valence-corrected chi connectivity index (χ2v) is 7.09. The molecule has 2 aliphatic rings. The third kappa shape index (κ3) is 3.01. The standard InChI is InChI=1S/C21H21NO5/c1-26-14-3-5-15(6-4-14)27-16-8-10-21(11-9-16)17-12-13(19(23)24)2-7-18(17)22-20(21)25/h2-7,12,16H,8-11H2,1H3,(H,22,25)(H,23,24). The number of carboxylic acid groups (broad SMARTS) is 1. The lowest BCUT2D eigenvalue weighted by Crippen LogP contribution is -2.40. The first kappa shape index (κ1) is 17.4. The number of carboxylic acids is 1. The smallest absolute Gasteiger partial charge is 0.335 e. The second kappa shape index (κ2) is 6.61. The first-order chi connectivity index (χ1) is 13.0. The van der Waals surface area contributed by atoms with Crippen LogP contribution in [0.3, 0.4) is 0 Å². The predicted molar refractivity (Wildman–Crippen MR) is 99.6 cm³/mol. The highest BCUT2D eigenvalue weighted by Crippen LogP contribution is 2.48. The number of aromatic carboxylic acids is 1. The molecule has 6 heteroatoms. The summed E-state index contributed by atoms with van der Waals surface area (Å²) < 4.78 is 11.2. The van der Waals surface area contributed by atoms with Crippen LogP contribution in [0.15, 0.2) is 42.5 Å². The molecule has 6 nitrogen and oxygen atoms in total. The molecule has 1 aliphatic carbocycles. The molecule has 1 amide bonds. The van der Waals surface area contributed by atoms with Gasteiger partial charge in [0.15, 0.2) is 0 Å². The number of carbonyl (C=O) groups is 2. The van der Waals surface area contributed by atoms with Crippen molar-refractivity contribution in [1.29, 1.82) is 0 Å². The van der Waals surface area contributed by atoms with E-state index in [4.69, 9.17) is 9.47 Å². The van der Waals surface area contributed by atoms with Crippen LogP contribution >= 0.6 is 0 Å². The van der Waals surface area contributed by atoms with Gasteiger partial charge in [0.1, 0.15) is 11.5 Å². The van der Waals surface area contributed by atoms with Crippen molar-refractivity contribution < 1.29 is 24.2 Å². The number of amides is 1. The summed E-state index contributed by atoms with van der Waals surface area (Å²) in [7, 11) is 1.62. The molecule has 0 saturated heterocycles. The monoisotopic (exact) mass is 367 g/mol. The van der Waals surface area contributed by atoms with Crippen LogP contribution in [0.1, 0.15) is 41.6 Å². The Morgan fingerprint density at radius 3 is 2.41 bits per heavy atom. The van der Waals surface area contributed by atoms with E-state index in [1.54, 1.807) is 19.2 Å². The fourth-order valence-electron chi connectivity index (χ4n) is 4.09. The van der Waals surface area contributed by atoms with E-state index in [2.05, 4.69) is 5.32 Å². The zero-order chi connectivity index (χ0) is 19.0. The lowest BCUT2D eigenvalue weighted by Gasteiger charge is -2.35. The van der Waals surface area contributed by atoms with E-state index < -0.39 is 11.4 Å². The fraction of sp³-hybridized carbons (Fsp3) is 0.333. The summed E-state index contributed by atoms with van der Waals surface area (Å²) in [6.07, 6.45) is 2.77. The fourth-order valence-corrected chi connectivity index (χ4v) is 4.09. The van der Waals surface area contributed by atoms with E-state index in [0.29, 0.717) is 12.8 Å². The normalized spacial score (nSPS) is 23.6. The highest BCUT2D eigenvalue weighted by Gasteiger charge is 2.49. The summed E-state index contributed by atoms with van der Waals surface area (Å²) >= 11 is 0. The Hall–Kier alpha value is -3.02. The van der Waals surface area contributed by atoms with Gasteiger partial charge in [-0.2, -0.15) is 0 Å². The molecule has 2 aromatic rings. The maximum Gasteiger partial charge on any atom is 0.335 e. The topological polar surface area (TPSA) is 84.9 Å². The number of hydrogen-bond donors (Lipinski definition) is 2. The highest BCUT2D eigenvalue weighted by molar-refractivity contribution is 6.07. The maximum atomic E-state index is 12.7. The van der Waals surface area contributed by atoms with E-state index in [0.717, 1.165) is 35.6 Å². The van der Waals surface area contributed by atoms with E-state index in [-0.39, 0.29) is 17.6 Å². The van der Waals surface area contributed by atoms with Crippen LogP contribution in [0.5, 0.6) is 11.5 Å². The van der Waals surface area contributed by atoms with Crippen molar-refractivity contribution in [2.75, 3.05) is 12.4 Å². The molecule has 0 radical (unpaired) electrons. The highest BCUT2D eigenvalue weighted by atomic mass is 16.5. The van der Waals surface area contributed by atoms with Gasteiger partial charge in [0.05, 0.1) is 24.2 Å². The number of hydrogen-bond acceptors (Lipinski definition) is 4. The van der Waals surface area contributed by atoms with Crippen LogP contribution < -0.4 is 14.8 Å². The summed E-state index contributed by atoms with van der Waals surface area (Å²) in [5.74, 6) is 0.534. The van der Waals surface area contributed by atoms with E-state index >= 15 is 0 Å². The van der Waals surface area contributed by atoms with E-state index in [9.17, 15) is 14.7 Å². The number of carbonyl (C=O) groups excluding carboxylic acids is 1. The van der Waals surface area contributed by atoms with Gasteiger partial charge in [0, 0.05) is 5.69 Å². The Kier molecular flexibility index (Phi) is 4.26. The van der Waals surface area contributed by atoms with Crippen molar-refractivity contribution >= 4 is 17.6 Å². The average molecular weight is 367 g/mol. The SMILES string of the molecule is COc1ccc(OC2CCC3(CC2)C(=O)Nc2ccc(C(=O)O)cc23)cc1. The molecular weight excluding hydrogens is 346 g/mol. The van der Waals surface area contributed by atoms with Gasteiger partial charge in [-0.25, -0.2) is 4.79 Å². The Labute approximate surface area is 157 Å². The third-order valence-corrected chi connectivity index (χ3v) is 5.61. The van der Waals surface area contributed by atoms with Gasteiger partial charge in [-0.05, 0) is 73.7 Å². The maximum absolute atomic E-state index is 12.7. The molecule has 1 fully saturated rings. The second-order valence-electron chi connectivity index (χ2n) is 7.09. The van der Waals surface area contributed by atoms with Crippen LogP contribution in [0.4, 0.5) is 5.69 Å². The van der Waals surface area contributed by atoms with Crippen molar-refractivity contribution in [3.8, 4) is 11.5 Å². The molecule has 1 spiro atoms. The third-order valence-electron chi connectivity index (χ3n) is 5.61. The van der Waals surface area contributed by atoms with Crippen LogP contribution in [-0.4, -0.2) is 30.2 Å². The van der Waals surface area contributed by atoms with Crippen LogP contribution in [0, 0.1) is 0 Å². The van der Waals surface area contributed by atoms with Gasteiger partial charge in [-0.15, -0.1) is 0 Å². The molecule has 27 heavy (non-hydrogen) atoms. The quantitative estimate of drug-likeness (QED) is 0.862. The van der Waals surface area contributed by atoms with Gasteiger partial charge in [0.25, 0.3) is 0 Å². The van der Waals surface area contributed by atoms with Crippen LogP contribution in [-0.2, 0) is 10.2 Å². The van der Waals surface area contributed by atoms with Gasteiger partial charge < -0.3 is 19.9 Å². The number of nitrogens with one attached hydrogen (secondary N) is 1. The molecule has 0 unspecified atom stereocenters. The summed E-state index contributed by atoms with van der Waals surface area (Å²) in [5, 5.41) is 12.2. The average Bonchev–Trinajstić information content (AvgIpc) is 2.95. The number of benzene rings is 2. The molecule has 1 aliphatic heterocycles. The molecule has 0 atom stereocenters. The summed E-state index contributed by atoms with van der Waals surface area (Å²) in [5.41, 5.74) is 1.08. The minimum absolute atomic E-state index is 0.0310. The minimum Gasteiger partial charge on any atom is -0.497 e. The molecule has 4 rings (SSSR count). The van der Waals surface area contributed by atoms with Crippen molar-refractivity contribution in [2.45, 2.75) is 37.2 Å². The van der Waals surface area contributed by atoms with E-state index in [1.165, 1.54) is 6.07 Å². The van der Waals surface area contributed by atoms with Crippen molar-refractivity contribution in [3.05, 3.63) is 53.6 Å². The number of methoxy groups -OCH3 is 1. The molecule has 0 bridgehead atoms. The molecule has 1 heterocycles. The first-order valence-electron chi connectivity index (χ1n) is 9.02. The van der Waals surface area contributed by atoms with Crippen molar-refractivity contribution in [3.63, 3.8) is 0 Å². The lowest BCUT2D eigenvalue weighted by molar-refractivity contribution is -0.122. The van der Waals surface area contributed by atoms with Crippen molar-refractivity contribution in [1.82, 2.24) is 0 Å². The van der Waals surface area contributed by atoms with Crippen LogP contribution in [0.2, 0.25) is 0 Å². The molecule has 140 valence electrons. The molecular formula is C21H21NO5. The molecule has 0 aromatic heterocycles. The first-order valence-corrected chi connectivity index (χ1v) is 9.02. The van der Waals surface area contributed by atoms with Gasteiger partial charge in [-0.3, -0.25) is 4.79 Å². The van der Waals surface area contributed by atoms with Crippen molar-refractivity contribution in [2.24, 2.45) is 0 Å². The minimum atomic E-state index is -0.983. The van der Waals surface area contributed by atoms with E-state index in [1.807, 2.05) is 24.3 Å². The Morgan fingerprint density at radius 1 is 1.11 bits per heavy atom. The van der Waals surface area contributed by atoms with Crippen LogP contribution in [0.25, 0.3) is 0 Å². The number of fused-ring (bicyclic) bond motifs is 2. The Balaban J connectivity index is 1.50. The summed E-state index contributed by atoms with van der Waals surface area (Å²) in [4.78, 5) is 24.0.